The second-order valence-corrected chi connectivity index (χ2v) is 6.67. The third-order valence-corrected chi connectivity index (χ3v) is 5.86. The number of hydrogen-bond acceptors (Lipinski definition) is 2. The van der Waals surface area contributed by atoms with Gasteiger partial charge in [0, 0.05) is 32.0 Å². The number of hydrogen-bond donors (Lipinski definition) is 0. The molecule has 0 radical (unpaired) electrons. The molecule has 0 aromatic rings. The Bertz CT molecular complexity index is 356. The van der Waals surface area contributed by atoms with Crippen LogP contribution in [0, 0.1) is 17.8 Å². The van der Waals surface area contributed by atoms with Gasteiger partial charge in [-0.15, -0.1) is 0 Å². The molecule has 4 aliphatic rings. The summed E-state index contributed by atoms with van der Waals surface area (Å²) in [4.78, 5) is 14.6. The topological polar surface area (TPSA) is 29.5 Å². The highest BCUT2D eigenvalue weighted by Gasteiger charge is 2.55. The lowest BCUT2D eigenvalue weighted by Gasteiger charge is -2.56. The summed E-state index contributed by atoms with van der Waals surface area (Å²) in [6, 6.07) is 0.444. The van der Waals surface area contributed by atoms with Gasteiger partial charge in [-0.1, -0.05) is 13.3 Å². The maximum Gasteiger partial charge on any atom is 0.222 e. The van der Waals surface area contributed by atoms with Gasteiger partial charge < -0.3 is 9.64 Å². The predicted octanol–water partition coefficient (Wildman–Crippen LogP) is 2.45. The number of piperidine rings is 2. The maximum atomic E-state index is 12.4. The predicted molar refractivity (Wildman–Crippen MR) is 70.1 cm³/mol. The number of methoxy groups -OCH3 is 1. The second kappa shape index (κ2) is 4.22. The normalized spacial score (nSPS) is 47.3. The molecule has 4 bridgehead atoms. The molecule has 1 amide bonds. The van der Waals surface area contributed by atoms with Gasteiger partial charge in [0.2, 0.25) is 5.91 Å². The molecule has 3 nitrogen and oxygen atoms in total. The van der Waals surface area contributed by atoms with Gasteiger partial charge in [-0.25, -0.2) is 0 Å². The van der Waals surface area contributed by atoms with Crippen molar-refractivity contribution in [2.75, 3.05) is 13.7 Å². The van der Waals surface area contributed by atoms with Crippen molar-refractivity contribution in [3.05, 3.63) is 0 Å². The lowest BCUT2D eigenvalue weighted by Crippen LogP contribution is -2.62. The Kier molecular flexibility index (Phi) is 2.92. The van der Waals surface area contributed by atoms with Crippen LogP contribution in [0.25, 0.3) is 0 Å². The molecule has 0 aromatic heterocycles. The first-order valence-electron chi connectivity index (χ1n) is 7.43. The number of nitrogens with zero attached hydrogens (tertiary/aromatic N) is 1. The minimum atomic E-state index is -0.0956. The highest BCUT2D eigenvalue weighted by Crippen LogP contribution is 2.51. The second-order valence-electron chi connectivity index (χ2n) is 6.67. The Morgan fingerprint density at radius 3 is 2.89 bits per heavy atom. The molecular weight excluding hydrogens is 226 g/mol. The molecule has 0 aromatic carbocycles. The summed E-state index contributed by atoms with van der Waals surface area (Å²) in [5.74, 6) is 2.32. The van der Waals surface area contributed by atoms with Crippen molar-refractivity contribution < 1.29 is 9.53 Å². The van der Waals surface area contributed by atoms with Crippen LogP contribution in [-0.4, -0.2) is 36.1 Å². The molecule has 4 fully saturated rings. The minimum absolute atomic E-state index is 0.0956. The molecule has 102 valence electrons. The summed E-state index contributed by atoms with van der Waals surface area (Å²) in [5, 5.41) is 0. The van der Waals surface area contributed by atoms with E-state index in [1.54, 1.807) is 0 Å². The third kappa shape index (κ3) is 1.63. The average Bonchev–Trinajstić information content (AvgIpc) is 2.49. The van der Waals surface area contributed by atoms with E-state index in [4.69, 9.17) is 4.74 Å². The van der Waals surface area contributed by atoms with Crippen molar-refractivity contribution in [1.82, 2.24) is 4.90 Å². The van der Waals surface area contributed by atoms with Crippen LogP contribution in [-0.2, 0) is 9.53 Å². The molecular formula is C15H25NO2. The van der Waals surface area contributed by atoms with Crippen LogP contribution in [0.3, 0.4) is 0 Å². The number of amides is 1. The smallest absolute Gasteiger partial charge is 0.222 e. The first kappa shape index (κ1) is 12.5. The lowest BCUT2D eigenvalue weighted by molar-refractivity contribution is -0.152. The monoisotopic (exact) mass is 251 g/mol. The van der Waals surface area contributed by atoms with E-state index >= 15 is 0 Å². The first-order valence-corrected chi connectivity index (χ1v) is 7.43. The Labute approximate surface area is 110 Å². The molecule has 0 N–H and O–H groups in total. The number of carbonyl (C=O) groups is 1. The Hall–Kier alpha value is -0.570. The van der Waals surface area contributed by atoms with Gasteiger partial charge in [0.05, 0.1) is 5.60 Å². The largest absolute Gasteiger partial charge is 0.378 e. The summed E-state index contributed by atoms with van der Waals surface area (Å²) in [6.45, 7) is 5.51. The molecule has 1 aliphatic carbocycles. The quantitative estimate of drug-likeness (QED) is 0.754. The molecule has 3 saturated heterocycles. The fraction of sp³-hybridized carbons (Fsp3) is 0.933. The van der Waals surface area contributed by atoms with Gasteiger partial charge in [0.15, 0.2) is 0 Å². The number of carbonyl (C=O) groups excluding carboxylic acids is 1. The standard InChI is InChI=1S/C15H25NO2/c1-4-11-7-10-8-12-14(11)16(9-10)13(17)5-6-15(12,2)18-3/h10-12,14H,4-9H2,1-3H3. The highest BCUT2D eigenvalue weighted by atomic mass is 16.5. The number of ether oxygens (including phenoxy) is 1. The molecule has 18 heavy (non-hydrogen) atoms. The Balaban J connectivity index is 2.00. The molecule has 1 saturated carbocycles. The summed E-state index contributed by atoms with van der Waals surface area (Å²) >= 11 is 0. The van der Waals surface area contributed by atoms with Gasteiger partial charge in [0.1, 0.15) is 0 Å². The molecule has 5 atom stereocenters. The van der Waals surface area contributed by atoms with E-state index < -0.39 is 0 Å². The van der Waals surface area contributed by atoms with Crippen molar-refractivity contribution in [2.24, 2.45) is 17.8 Å². The Morgan fingerprint density at radius 2 is 2.22 bits per heavy atom. The van der Waals surface area contributed by atoms with Crippen molar-refractivity contribution >= 4 is 5.91 Å². The van der Waals surface area contributed by atoms with Crippen LogP contribution in [0.4, 0.5) is 0 Å². The summed E-state index contributed by atoms with van der Waals surface area (Å²) < 4.78 is 5.86. The van der Waals surface area contributed by atoms with Crippen LogP contribution in [0.5, 0.6) is 0 Å². The zero-order valence-electron chi connectivity index (χ0n) is 11.8. The summed E-state index contributed by atoms with van der Waals surface area (Å²) in [7, 11) is 1.82. The van der Waals surface area contributed by atoms with Crippen LogP contribution in [0.2, 0.25) is 0 Å². The van der Waals surface area contributed by atoms with Gasteiger partial charge in [-0.05, 0) is 38.0 Å². The third-order valence-electron chi connectivity index (χ3n) is 5.86. The fourth-order valence-corrected chi connectivity index (χ4v) is 4.74. The van der Waals surface area contributed by atoms with Gasteiger partial charge in [0.25, 0.3) is 0 Å². The van der Waals surface area contributed by atoms with E-state index in [2.05, 4.69) is 18.7 Å². The van der Waals surface area contributed by atoms with E-state index in [0.29, 0.717) is 36.1 Å². The molecule has 3 heteroatoms. The maximum absolute atomic E-state index is 12.4. The number of rotatable bonds is 2. The van der Waals surface area contributed by atoms with E-state index in [-0.39, 0.29) is 5.60 Å². The van der Waals surface area contributed by atoms with Crippen LogP contribution in [0.1, 0.15) is 46.0 Å². The van der Waals surface area contributed by atoms with Crippen molar-refractivity contribution in [3.8, 4) is 0 Å². The van der Waals surface area contributed by atoms with Crippen LogP contribution >= 0.6 is 0 Å². The zero-order chi connectivity index (χ0) is 12.9. The first-order chi connectivity index (χ1) is 8.59. The molecule has 3 aliphatic heterocycles. The van der Waals surface area contributed by atoms with Gasteiger partial charge in [-0.2, -0.15) is 0 Å². The minimum Gasteiger partial charge on any atom is -0.378 e. The molecule has 0 spiro atoms. The average molecular weight is 251 g/mol. The fourth-order valence-electron chi connectivity index (χ4n) is 4.74. The highest BCUT2D eigenvalue weighted by molar-refractivity contribution is 5.77. The molecule has 4 rings (SSSR count). The van der Waals surface area contributed by atoms with Crippen molar-refractivity contribution in [1.29, 1.82) is 0 Å². The summed E-state index contributed by atoms with van der Waals surface area (Å²) in [5.41, 5.74) is -0.0956. The van der Waals surface area contributed by atoms with Crippen LogP contribution in [0.15, 0.2) is 0 Å². The van der Waals surface area contributed by atoms with E-state index in [1.807, 2.05) is 7.11 Å². The van der Waals surface area contributed by atoms with Crippen LogP contribution < -0.4 is 0 Å². The van der Waals surface area contributed by atoms with Gasteiger partial charge >= 0.3 is 0 Å². The molecule has 3 heterocycles. The van der Waals surface area contributed by atoms with Gasteiger partial charge in [-0.3, -0.25) is 4.79 Å². The summed E-state index contributed by atoms with van der Waals surface area (Å²) in [6.07, 6.45) is 5.33. The van der Waals surface area contributed by atoms with Crippen molar-refractivity contribution in [3.63, 3.8) is 0 Å². The lowest BCUT2D eigenvalue weighted by atomic mass is 9.61. The Morgan fingerprint density at radius 1 is 1.44 bits per heavy atom. The van der Waals surface area contributed by atoms with E-state index in [9.17, 15) is 4.79 Å². The van der Waals surface area contributed by atoms with Crippen molar-refractivity contribution in [2.45, 2.75) is 57.6 Å². The van der Waals surface area contributed by atoms with E-state index in [1.165, 1.54) is 19.3 Å². The SMILES string of the molecule is CCC1CC2CC3C1N(C2)C(=O)CCC3(C)OC. The number of fused-ring (bicyclic) bond motifs is 1. The molecule has 5 unspecified atom stereocenters. The van der Waals surface area contributed by atoms with E-state index in [0.717, 1.165) is 13.0 Å². The zero-order valence-corrected chi connectivity index (χ0v) is 11.8.